The number of hydrogen-bond acceptors (Lipinski definition) is 3. The minimum atomic E-state index is 0.265. The molecule has 2 heterocycles. The molecule has 0 aromatic carbocycles. The number of likely N-dealkylation sites (tertiary alicyclic amines) is 1. The van der Waals surface area contributed by atoms with E-state index >= 15 is 0 Å². The van der Waals surface area contributed by atoms with E-state index in [0.29, 0.717) is 0 Å². The Kier molecular flexibility index (Phi) is 3.53. The Hall–Kier alpha value is -1.40. The van der Waals surface area contributed by atoms with Gasteiger partial charge in [0.05, 0.1) is 11.8 Å². The van der Waals surface area contributed by atoms with Crippen LogP contribution in [0.4, 0.5) is 0 Å². The van der Waals surface area contributed by atoms with Gasteiger partial charge in [-0.3, -0.25) is 9.88 Å². The first kappa shape index (κ1) is 11.1. The van der Waals surface area contributed by atoms with Crippen LogP contribution >= 0.6 is 0 Å². The SMILES string of the molecule is Cc1cccnc1CN1CCC(C#N)CC1. The lowest BCUT2D eigenvalue weighted by Crippen LogP contribution is -2.33. The van der Waals surface area contributed by atoms with Gasteiger partial charge in [-0.25, -0.2) is 0 Å². The molecule has 0 spiro atoms. The van der Waals surface area contributed by atoms with Gasteiger partial charge in [-0.05, 0) is 44.5 Å². The van der Waals surface area contributed by atoms with Crippen molar-refractivity contribution in [3.63, 3.8) is 0 Å². The minimum Gasteiger partial charge on any atom is -0.297 e. The molecule has 0 bridgehead atoms. The lowest BCUT2D eigenvalue weighted by molar-refractivity contribution is 0.196. The van der Waals surface area contributed by atoms with Crippen LogP contribution in [0.1, 0.15) is 24.1 Å². The molecular formula is C13H17N3. The average Bonchev–Trinajstić information content (AvgIpc) is 2.33. The largest absolute Gasteiger partial charge is 0.297 e. The van der Waals surface area contributed by atoms with Crippen molar-refractivity contribution >= 4 is 0 Å². The van der Waals surface area contributed by atoms with Crippen LogP contribution in [0.15, 0.2) is 18.3 Å². The smallest absolute Gasteiger partial charge is 0.0656 e. The van der Waals surface area contributed by atoms with Gasteiger partial charge >= 0.3 is 0 Å². The summed E-state index contributed by atoms with van der Waals surface area (Å²) in [5, 5.41) is 8.83. The van der Waals surface area contributed by atoms with E-state index in [1.807, 2.05) is 12.3 Å². The highest BCUT2D eigenvalue weighted by Crippen LogP contribution is 2.18. The van der Waals surface area contributed by atoms with Crippen molar-refractivity contribution in [2.24, 2.45) is 5.92 Å². The molecule has 3 heteroatoms. The van der Waals surface area contributed by atoms with Gasteiger partial charge in [0.15, 0.2) is 0 Å². The van der Waals surface area contributed by atoms with E-state index in [2.05, 4.69) is 28.9 Å². The lowest BCUT2D eigenvalue weighted by Gasteiger charge is -2.28. The molecule has 0 atom stereocenters. The molecule has 3 nitrogen and oxygen atoms in total. The van der Waals surface area contributed by atoms with Gasteiger partial charge in [-0.15, -0.1) is 0 Å². The van der Waals surface area contributed by atoms with Crippen molar-refractivity contribution in [2.45, 2.75) is 26.3 Å². The van der Waals surface area contributed by atoms with Crippen LogP contribution in [-0.4, -0.2) is 23.0 Å². The Morgan fingerprint density at radius 3 is 2.88 bits per heavy atom. The predicted molar refractivity (Wildman–Crippen MR) is 62.6 cm³/mol. The molecule has 1 aromatic rings. The maximum atomic E-state index is 8.83. The summed E-state index contributed by atoms with van der Waals surface area (Å²) in [5.74, 6) is 0.265. The summed E-state index contributed by atoms with van der Waals surface area (Å²) in [5.41, 5.74) is 2.42. The number of aryl methyl sites for hydroxylation is 1. The topological polar surface area (TPSA) is 39.9 Å². The average molecular weight is 215 g/mol. The molecule has 1 fully saturated rings. The third-order valence-electron chi connectivity index (χ3n) is 3.26. The van der Waals surface area contributed by atoms with Crippen LogP contribution in [0.3, 0.4) is 0 Å². The first-order chi connectivity index (χ1) is 7.79. The molecular weight excluding hydrogens is 198 g/mol. The molecule has 1 saturated heterocycles. The van der Waals surface area contributed by atoms with E-state index in [-0.39, 0.29) is 5.92 Å². The Morgan fingerprint density at radius 2 is 2.25 bits per heavy atom. The van der Waals surface area contributed by atoms with E-state index in [4.69, 9.17) is 5.26 Å². The highest BCUT2D eigenvalue weighted by Gasteiger charge is 2.19. The molecule has 0 amide bonds. The van der Waals surface area contributed by atoms with Crippen LogP contribution in [0.2, 0.25) is 0 Å². The summed E-state index contributed by atoms with van der Waals surface area (Å²) in [4.78, 5) is 6.80. The van der Waals surface area contributed by atoms with Gasteiger partial charge in [0.1, 0.15) is 0 Å². The molecule has 0 N–H and O–H groups in total. The van der Waals surface area contributed by atoms with Gasteiger partial charge < -0.3 is 0 Å². The minimum absolute atomic E-state index is 0.265. The van der Waals surface area contributed by atoms with Gasteiger partial charge in [0.25, 0.3) is 0 Å². The van der Waals surface area contributed by atoms with Gasteiger partial charge in [-0.2, -0.15) is 5.26 Å². The summed E-state index contributed by atoms with van der Waals surface area (Å²) in [6.07, 6.45) is 3.86. The second-order valence-electron chi connectivity index (χ2n) is 4.45. The number of piperidine rings is 1. The monoisotopic (exact) mass is 215 g/mol. The van der Waals surface area contributed by atoms with Crippen molar-refractivity contribution in [1.29, 1.82) is 5.26 Å². The molecule has 0 saturated carbocycles. The highest BCUT2D eigenvalue weighted by atomic mass is 15.1. The summed E-state index contributed by atoms with van der Waals surface area (Å²) in [7, 11) is 0. The van der Waals surface area contributed by atoms with Crippen molar-refractivity contribution in [2.75, 3.05) is 13.1 Å². The van der Waals surface area contributed by atoms with Crippen molar-refractivity contribution in [1.82, 2.24) is 9.88 Å². The summed E-state index contributed by atoms with van der Waals surface area (Å²) in [6, 6.07) is 6.43. The highest BCUT2D eigenvalue weighted by molar-refractivity contribution is 5.17. The Morgan fingerprint density at radius 1 is 1.50 bits per heavy atom. The van der Waals surface area contributed by atoms with Crippen LogP contribution < -0.4 is 0 Å². The summed E-state index contributed by atoms with van der Waals surface area (Å²) >= 11 is 0. The van der Waals surface area contributed by atoms with Crippen molar-refractivity contribution in [3.05, 3.63) is 29.6 Å². The lowest BCUT2D eigenvalue weighted by atomic mass is 9.98. The summed E-state index contributed by atoms with van der Waals surface area (Å²) in [6.45, 7) is 5.07. The standard InChI is InChI=1S/C13H17N3/c1-11-3-2-6-15-13(11)10-16-7-4-12(9-14)5-8-16/h2-3,6,12H,4-5,7-8,10H2,1H3. The summed E-state index contributed by atoms with van der Waals surface area (Å²) < 4.78 is 0. The zero-order chi connectivity index (χ0) is 11.4. The van der Waals surface area contributed by atoms with Crippen molar-refractivity contribution < 1.29 is 0 Å². The molecule has 0 unspecified atom stereocenters. The number of nitriles is 1. The normalized spacial score (nSPS) is 18.2. The molecule has 84 valence electrons. The van der Waals surface area contributed by atoms with Gasteiger partial charge in [0.2, 0.25) is 0 Å². The maximum absolute atomic E-state index is 8.83. The maximum Gasteiger partial charge on any atom is 0.0656 e. The second-order valence-corrected chi connectivity index (χ2v) is 4.45. The van der Waals surface area contributed by atoms with E-state index < -0.39 is 0 Å². The number of hydrogen-bond donors (Lipinski definition) is 0. The fraction of sp³-hybridized carbons (Fsp3) is 0.538. The molecule has 1 aliphatic heterocycles. The third-order valence-corrected chi connectivity index (χ3v) is 3.26. The van der Waals surface area contributed by atoms with E-state index in [9.17, 15) is 0 Å². The Balaban J connectivity index is 1.93. The van der Waals surface area contributed by atoms with Crippen LogP contribution in [-0.2, 0) is 6.54 Å². The van der Waals surface area contributed by atoms with Crippen LogP contribution in [0, 0.1) is 24.2 Å². The molecule has 0 radical (unpaired) electrons. The third kappa shape index (κ3) is 2.59. The fourth-order valence-electron chi connectivity index (χ4n) is 2.12. The zero-order valence-corrected chi connectivity index (χ0v) is 9.69. The van der Waals surface area contributed by atoms with E-state index in [1.54, 1.807) is 0 Å². The molecule has 16 heavy (non-hydrogen) atoms. The van der Waals surface area contributed by atoms with E-state index in [1.165, 1.54) is 5.56 Å². The van der Waals surface area contributed by atoms with Gasteiger partial charge in [0, 0.05) is 18.7 Å². The van der Waals surface area contributed by atoms with Gasteiger partial charge in [-0.1, -0.05) is 6.07 Å². The number of nitrogens with zero attached hydrogens (tertiary/aromatic N) is 3. The van der Waals surface area contributed by atoms with E-state index in [0.717, 1.165) is 38.2 Å². The Bertz CT molecular complexity index is 386. The predicted octanol–water partition coefficient (Wildman–Crippen LogP) is 2.13. The van der Waals surface area contributed by atoms with Crippen LogP contribution in [0.25, 0.3) is 0 Å². The first-order valence-electron chi connectivity index (χ1n) is 5.82. The quantitative estimate of drug-likeness (QED) is 0.758. The first-order valence-corrected chi connectivity index (χ1v) is 5.82. The number of pyridine rings is 1. The molecule has 1 aliphatic rings. The zero-order valence-electron chi connectivity index (χ0n) is 9.69. The molecule has 2 rings (SSSR count). The second kappa shape index (κ2) is 5.09. The number of rotatable bonds is 2. The van der Waals surface area contributed by atoms with Crippen molar-refractivity contribution in [3.8, 4) is 6.07 Å². The number of aromatic nitrogens is 1. The fourth-order valence-corrected chi connectivity index (χ4v) is 2.12. The van der Waals surface area contributed by atoms with Crippen LogP contribution in [0.5, 0.6) is 0 Å². The molecule has 1 aromatic heterocycles. The Labute approximate surface area is 96.7 Å². The molecule has 0 aliphatic carbocycles.